The fourth-order valence-corrected chi connectivity index (χ4v) is 7.50. The van der Waals surface area contributed by atoms with Gasteiger partial charge in [0.2, 0.25) is 0 Å². The summed E-state index contributed by atoms with van der Waals surface area (Å²) in [6, 6.07) is 65.7. The molecule has 1 unspecified atom stereocenters. The van der Waals surface area contributed by atoms with E-state index in [4.69, 9.17) is 0 Å². The number of fused-ring (bicyclic) bond motifs is 3. The van der Waals surface area contributed by atoms with Crippen molar-refractivity contribution in [3.05, 3.63) is 206 Å². The van der Waals surface area contributed by atoms with Gasteiger partial charge in [0.05, 0.1) is 22.8 Å². The summed E-state index contributed by atoms with van der Waals surface area (Å²) in [5.74, 6) is 0. The highest BCUT2D eigenvalue weighted by atomic mass is 15.2. The van der Waals surface area contributed by atoms with Crippen LogP contribution in [0.15, 0.2) is 200 Å². The second-order valence-corrected chi connectivity index (χ2v) is 12.9. The van der Waals surface area contributed by atoms with Gasteiger partial charge in [-0.2, -0.15) is 0 Å². The van der Waals surface area contributed by atoms with Crippen LogP contribution in [0.1, 0.15) is 12.0 Å². The van der Waals surface area contributed by atoms with Crippen LogP contribution in [0.4, 0.5) is 11.4 Å². The first-order valence-corrected chi connectivity index (χ1v) is 17.4. The Balaban J connectivity index is 1.22. The molecule has 2 nitrogen and oxygen atoms in total. The van der Waals surface area contributed by atoms with Gasteiger partial charge in [0.1, 0.15) is 0 Å². The minimum Gasteiger partial charge on any atom is -0.332 e. The molecule has 0 saturated carbocycles. The molecule has 0 aliphatic heterocycles. The van der Waals surface area contributed by atoms with Gasteiger partial charge in [0, 0.05) is 22.1 Å². The van der Waals surface area contributed by atoms with E-state index in [1.165, 1.54) is 66.6 Å². The van der Waals surface area contributed by atoms with E-state index in [1.54, 1.807) is 0 Å². The van der Waals surface area contributed by atoms with E-state index in [2.05, 4.69) is 210 Å². The van der Waals surface area contributed by atoms with Crippen LogP contribution in [0.3, 0.4) is 0 Å². The zero-order valence-electron chi connectivity index (χ0n) is 27.7. The second-order valence-electron chi connectivity index (χ2n) is 12.9. The lowest BCUT2D eigenvalue weighted by Gasteiger charge is -2.34. The van der Waals surface area contributed by atoms with Crippen LogP contribution >= 0.6 is 0 Å². The molecule has 238 valence electrons. The minimum absolute atomic E-state index is 0.127. The van der Waals surface area contributed by atoms with E-state index < -0.39 is 0 Å². The predicted octanol–water partition coefficient (Wildman–Crippen LogP) is 12.7. The first kappa shape index (κ1) is 29.7. The zero-order valence-corrected chi connectivity index (χ0v) is 27.7. The van der Waals surface area contributed by atoms with Gasteiger partial charge >= 0.3 is 0 Å². The number of hydrogen-bond acceptors (Lipinski definition) is 1. The molecule has 0 spiro atoms. The molecular weight excluding hydrogens is 605 g/mol. The second kappa shape index (κ2) is 12.9. The number of benzene rings is 7. The van der Waals surface area contributed by atoms with E-state index in [0.29, 0.717) is 0 Å². The maximum Gasteiger partial charge on any atom is 0.0779 e. The van der Waals surface area contributed by atoms with Crippen molar-refractivity contribution in [1.29, 1.82) is 0 Å². The van der Waals surface area contributed by atoms with Gasteiger partial charge < -0.3 is 9.47 Å². The standard InChI is InChI=1S/C48H36N2/c1-4-13-35(14-5-1)38-23-29-41(30-24-38)49(42-31-25-39(26-32-42)36-15-6-2-7-16-36)47-22-12-20-45-44-19-10-11-21-46(44)50(48(45)47)43-33-27-40(28-34-43)37-17-8-3-9-18-37/h1-31,33-34,42H,32H2. The van der Waals surface area contributed by atoms with Crippen molar-refractivity contribution < 1.29 is 0 Å². The van der Waals surface area contributed by atoms with Gasteiger partial charge in [-0.15, -0.1) is 0 Å². The van der Waals surface area contributed by atoms with Gasteiger partial charge in [0.15, 0.2) is 0 Å². The Hall–Kier alpha value is -6.38. The Labute approximate surface area is 293 Å². The van der Waals surface area contributed by atoms with Crippen molar-refractivity contribution in [2.45, 2.75) is 12.5 Å². The highest BCUT2D eigenvalue weighted by Gasteiger charge is 2.25. The van der Waals surface area contributed by atoms with Crippen LogP contribution in [-0.4, -0.2) is 10.6 Å². The molecule has 0 bridgehead atoms. The first-order chi connectivity index (χ1) is 24.8. The molecule has 1 heterocycles. The molecule has 50 heavy (non-hydrogen) atoms. The number of rotatable bonds is 7. The van der Waals surface area contributed by atoms with Gasteiger partial charge in [-0.05, 0) is 76.2 Å². The molecule has 1 aromatic heterocycles. The molecule has 8 aromatic rings. The average Bonchev–Trinajstić information content (AvgIpc) is 3.55. The quantitative estimate of drug-likeness (QED) is 0.168. The molecule has 0 N–H and O–H groups in total. The molecule has 1 aliphatic rings. The summed E-state index contributed by atoms with van der Waals surface area (Å²) in [6.07, 6.45) is 7.97. The maximum absolute atomic E-state index is 2.54. The fraction of sp³-hybridized carbons (Fsp3) is 0.0417. The van der Waals surface area contributed by atoms with Crippen LogP contribution < -0.4 is 4.90 Å². The molecule has 0 amide bonds. The maximum atomic E-state index is 2.54. The number of para-hydroxylation sites is 2. The summed E-state index contributed by atoms with van der Waals surface area (Å²) in [7, 11) is 0. The van der Waals surface area contributed by atoms with Gasteiger partial charge in [-0.25, -0.2) is 0 Å². The normalized spacial score (nSPS) is 14.2. The van der Waals surface area contributed by atoms with E-state index in [1.807, 2.05) is 0 Å². The largest absolute Gasteiger partial charge is 0.332 e. The van der Waals surface area contributed by atoms with Crippen molar-refractivity contribution in [1.82, 2.24) is 4.57 Å². The monoisotopic (exact) mass is 640 g/mol. The highest BCUT2D eigenvalue weighted by molar-refractivity contribution is 6.14. The van der Waals surface area contributed by atoms with Crippen molar-refractivity contribution in [3.63, 3.8) is 0 Å². The molecule has 1 atom stereocenters. The van der Waals surface area contributed by atoms with Crippen LogP contribution in [0.5, 0.6) is 0 Å². The Morgan fingerprint density at radius 3 is 1.62 bits per heavy atom. The predicted molar refractivity (Wildman–Crippen MR) is 212 cm³/mol. The smallest absolute Gasteiger partial charge is 0.0779 e. The third kappa shape index (κ3) is 5.41. The molecule has 7 aromatic carbocycles. The van der Waals surface area contributed by atoms with Crippen molar-refractivity contribution in [2.75, 3.05) is 4.90 Å². The van der Waals surface area contributed by atoms with Crippen LogP contribution in [0.2, 0.25) is 0 Å². The van der Waals surface area contributed by atoms with Crippen LogP contribution in [0.25, 0.3) is 55.3 Å². The molecule has 0 fully saturated rings. The molecule has 1 aliphatic carbocycles. The number of aromatic nitrogens is 1. The number of nitrogens with zero attached hydrogens (tertiary/aromatic N) is 2. The molecular formula is C48H36N2. The summed E-state index contributed by atoms with van der Waals surface area (Å²) < 4.78 is 2.46. The average molecular weight is 641 g/mol. The van der Waals surface area contributed by atoms with Crippen molar-refractivity contribution in [2.24, 2.45) is 0 Å². The molecule has 0 saturated heterocycles. The summed E-state index contributed by atoms with van der Waals surface area (Å²) in [4.78, 5) is 2.54. The Morgan fingerprint density at radius 1 is 0.460 bits per heavy atom. The van der Waals surface area contributed by atoms with E-state index in [9.17, 15) is 0 Å². The van der Waals surface area contributed by atoms with Crippen molar-refractivity contribution >= 4 is 38.8 Å². The van der Waals surface area contributed by atoms with Crippen LogP contribution in [0, 0.1) is 0 Å². The number of hydrogen-bond donors (Lipinski definition) is 0. The fourth-order valence-electron chi connectivity index (χ4n) is 7.50. The number of anilines is 2. The van der Waals surface area contributed by atoms with E-state index in [-0.39, 0.29) is 6.04 Å². The lowest BCUT2D eigenvalue weighted by molar-refractivity contribution is 0.788. The highest BCUT2D eigenvalue weighted by Crippen LogP contribution is 2.42. The molecule has 9 rings (SSSR count). The first-order valence-electron chi connectivity index (χ1n) is 17.4. The third-order valence-electron chi connectivity index (χ3n) is 9.93. The summed E-state index contributed by atoms with van der Waals surface area (Å²) in [5, 5.41) is 2.50. The van der Waals surface area contributed by atoms with Crippen LogP contribution in [-0.2, 0) is 0 Å². The van der Waals surface area contributed by atoms with Gasteiger partial charge in [-0.3, -0.25) is 0 Å². The summed E-state index contributed by atoms with van der Waals surface area (Å²) >= 11 is 0. The van der Waals surface area contributed by atoms with Crippen molar-refractivity contribution in [3.8, 4) is 27.9 Å². The van der Waals surface area contributed by atoms with E-state index >= 15 is 0 Å². The SMILES string of the molecule is C1=CC(N(c2ccc(-c3ccccc3)cc2)c2cccc3c4ccccc4n(-c4ccc(-c5ccccc5)cc4)c23)CC=C1c1ccccc1. The lowest BCUT2D eigenvalue weighted by Crippen LogP contribution is -2.30. The molecule has 0 radical (unpaired) electrons. The zero-order chi connectivity index (χ0) is 33.3. The Morgan fingerprint density at radius 2 is 1.00 bits per heavy atom. The summed E-state index contributed by atoms with van der Waals surface area (Å²) in [6.45, 7) is 0. The van der Waals surface area contributed by atoms with Gasteiger partial charge in [-0.1, -0.05) is 164 Å². The topological polar surface area (TPSA) is 8.17 Å². The molecule has 2 heteroatoms. The van der Waals surface area contributed by atoms with Gasteiger partial charge in [0.25, 0.3) is 0 Å². The third-order valence-corrected chi connectivity index (χ3v) is 9.93. The summed E-state index contributed by atoms with van der Waals surface area (Å²) in [5.41, 5.74) is 13.3. The minimum atomic E-state index is 0.127. The number of allylic oxidation sites excluding steroid dienone is 2. The van der Waals surface area contributed by atoms with E-state index in [0.717, 1.165) is 12.1 Å². The Bertz CT molecular complexity index is 2470. The lowest BCUT2D eigenvalue weighted by atomic mass is 9.95. The Kier molecular flexibility index (Phi) is 7.68.